The second kappa shape index (κ2) is 6.10. The Bertz CT molecular complexity index is 317. The molecule has 1 heterocycles. The third-order valence-corrected chi connectivity index (χ3v) is 2.41. The summed E-state index contributed by atoms with van der Waals surface area (Å²) in [6.07, 6.45) is -7.05. The molecule has 8 heteroatoms. The largest absolute Gasteiger partial charge is 0.463 e. The van der Waals surface area contributed by atoms with Gasteiger partial charge in [-0.25, -0.2) is 0 Å². The first kappa shape index (κ1) is 14.8. The maximum absolute atomic E-state index is 10.8. The minimum atomic E-state index is -1.64. The van der Waals surface area contributed by atoms with E-state index in [4.69, 9.17) is 9.47 Å². The van der Waals surface area contributed by atoms with E-state index in [1.807, 2.05) is 0 Å². The van der Waals surface area contributed by atoms with E-state index in [0.717, 1.165) is 6.92 Å². The Hall–Kier alpha value is -1.22. The van der Waals surface area contributed by atoms with Gasteiger partial charge in [0, 0.05) is 13.8 Å². The molecule has 0 radical (unpaired) electrons. The minimum Gasteiger partial charge on any atom is -0.463 e. The SMILES string of the molecule is CC(=O)OC[C@H]1O[C@H](O)[C@H](O)[C@@H](OC(C)=O)[C@H]1O. The zero-order chi connectivity index (χ0) is 13.9. The third kappa shape index (κ3) is 3.64. The molecule has 0 aromatic heterocycles. The van der Waals surface area contributed by atoms with Crippen LogP contribution in [-0.4, -0.2) is 64.6 Å². The summed E-state index contributed by atoms with van der Waals surface area (Å²) >= 11 is 0. The van der Waals surface area contributed by atoms with Crippen LogP contribution in [0.2, 0.25) is 0 Å². The third-order valence-electron chi connectivity index (χ3n) is 2.41. The van der Waals surface area contributed by atoms with E-state index in [1.54, 1.807) is 0 Å². The molecule has 1 rings (SSSR count). The van der Waals surface area contributed by atoms with E-state index in [1.165, 1.54) is 6.92 Å². The lowest BCUT2D eigenvalue weighted by Gasteiger charge is -2.39. The van der Waals surface area contributed by atoms with Crippen molar-refractivity contribution in [2.75, 3.05) is 6.61 Å². The molecule has 104 valence electrons. The van der Waals surface area contributed by atoms with E-state index in [0.29, 0.717) is 0 Å². The summed E-state index contributed by atoms with van der Waals surface area (Å²) < 4.78 is 14.2. The molecule has 0 aromatic rings. The van der Waals surface area contributed by atoms with Crippen LogP contribution in [0.3, 0.4) is 0 Å². The molecule has 1 aliphatic rings. The molecule has 0 aromatic carbocycles. The van der Waals surface area contributed by atoms with Crippen LogP contribution in [-0.2, 0) is 23.8 Å². The van der Waals surface area contributed by atoms with Crippen molar-refractivity contribution >= 4 is 11.9 Å². The maximum Gasteiger partial charge on any atom is 0.303 e. The van der Waals surface area contributed by atoms with E-state index >= 15 is 0 Å². The van der Waals surface area contributed by atoms with Gasteiger partial charge in [-0.15, -0.1) is 0 Å². The Labute approximate surface area is 103 Å². The normalized spacial score (nSPS) is 35.9. The van der Waals surface area contributed by atoms with Gasteiger partial charge in [-0.2, -0.15) is 0 Å². The minimum absolute atomic E-state index is 0.321. The molecule has 8 nitrogen and oxygen atoms in total. The number of aliphatic hydroxyl groups is 3. The van der Waals surface area contributed by atoms with Gasteiger partial charge in [-0.05, 0) is 0 Å². The van der Waals surface area contributed by atoms with Crippen molar-refractivity contribution in [2.24, 2.45) is 0 Å². The molecule has 3 N–H and O–H groups in total. The lowest BCUT2D eigenvalue weighted by molar-refractivity contribution is -0.290. The van der Waals surface area contributed by atoms with Crippen LogP contribution in [0, 0.1) is 0 Å². The second-order valence-electron chi connectivity index (χ2n) is 3.92. The summed E-state index contributed by atoms with van der Waals surface area (Å²) in [6.45, 7) is 1.95. The van der Waals surface area contributed by atoms with Crippen LogP contribution in [0.25, 0.3) is 0 Å². The lowest BCUT2D eigenvalue weighted by Crippen LogP contribution is -2.60. The van der Waals surface area contributed by atoms with E-state index in [-0.39, 0.29) is 6.61 Å². The molecule has 1 fully saturated rings. The highest BCUT2D eigenvalue weighted by molar-refractivity contribution is 5.66. The number of carbonyl (C=O) groups is 2. The highest BCUT2D eigenvalue weighted by atomic mass is 16.7. The van der Waals surface area contributed by atoms with Crippen molar-refractivity contribution in [3.63, 3.8) is 0 Å². The fraction of sp³-hybridized carbons (Fsp3) is 0.800. The molecule has 18 heavy (non-hydrogen) atoms. The molecule has 0 bridgehead atoms. The molecule has 0 spiro atoms. The molecule has 0 aliphatic carbocycles. The molecule has 0 unspecified atom stereocenters. The van der Waals surface area contributed by atoms with Crippen molar-refractivity contribution in [1.29, 1.82) is 0 Å². The van der Waals surface area contributed by atoms with E-state index in [9.17, 15) is 24.9 Å². The number of carbonyl (C=O) groups excluding carboxylic acids is 2. The second-order valence-corrected chi connectivity index (χ2v) is 3.92. The average Bonchev–Trinajstić information content (AvgIpc) is 2.27. The quantitative estimate of drug-likeness (QED) is 0.496. The number of hydrogen-bond acceptors (Lipinski definition) is 8. The van der Waals surface area contributed by atoms with Gasteiger partial charge in [-0.3, -0.25) is 9.59 Å². The molecule has 0 saturated carbocycles. The first-order valence-corrected chi connectivity index (χ1v) is 5.33. The average molecular weight is 264 g/mol. The Kier molecular flexibility index (Phi) is 5.03. The monoisotopic (exact) mass is 264 g/mol. The standard InChI is InChI=1S/C10H16O8/c1-4(11)16-3-6-7(13)9(17-5(2)12)8(14)10(15)18-6/h6-10,13-15H,3H2,1-2H3/t6-,7+,8-,9+,10+/m1/s1. The molecule has 0 amide bonds. The Morgan fingerprint density at radius 2 is 1.72 bits per heavy atom. The molecular weight excluding hydrogens is 248 g/mol. The van der Waals surface area contributed by atoms with Crippen molar-refractivity contribution < 1.29 is 39.1 Å². The highest BCUT2D eigenvalue weighted by Gasteiger charge is 2.46. The maximum atomic E-state index is 10.8. The number of rotatable bonds is 3. The van der Waals surface area contributed by atoms with Gasteiger partial charge in [0.2, 0.25) is 0 Å². The predicted octanol–water partition coefficient (Wildman–Crippen LogP) is -2.08. The fourth-order valence-corrected chi connectivity index (χ4v) is 1.58. The summed E-state index contributed by atoms with van der Waals surface area (Å²) in [5, 5.41) is 28.7. The van der Waals surface area contributed by atoms with Gasteiger partial charge >= 0.3 is 11.9 Å². The zero-order valence-electron chi connectivity index (χ0n) is 9.98. The number of esters is 2. The summed E-state index contributed by atoms with van der Waals surface area (Å²) in [5.41, 5.74) is 0. The first-order chi connectivity index (χ1) is 8.32. The van der Waals surface area contributed by atoms with Crippen molar-refractivity contribution in [3.8, 4) is 0 Å². The summed E-state index contributed by atoms with van der Waals surface area (Å²) in [5.74, 6) is -1.31. The van der Waals surface area contributed by atoms with Crippen molar-refractivity contribution in [2.45, 2.75) is 44.6 Å². The van der Waals surface area contributed by atoms with Crippen LogP contribution in [0.15, 0.2) is 0 Å². The Morgan fingerprint density at radius 1 is 1.11 bits per heavy atom. The van der Waals surface area contributed by atoms with Gasteiger partial charge in [0.1, 0.15) is 24.9 Å². The number of aliphatic hydroxyl groups excluding tert-OH is 3. The van der Waals surface area contributed by atoms with Crippen molar-refractivity contribution in [3.05, 3.63) is 0 Å². The molecule has 5 atom stereocenters. The van der Waals surface area contributed by atoms with Gasteiger partial charge in [-0.1, -0.05) is 0 Å². The first-order valence-electron chi connectivity index (χ1n) is 5.33. The van der Waals surface area contributed by atoms with Gasteiger partial charge < -0.3 is 29.5 Å². The van der Waals surface area contributed by atoms with Crippen LogP contribution in [0.1, 0.15) is 13.8 Å². The number of ether oxygens (including phenoxy) is 3. The zero-order valence-corrected chi connectivity index (χ0v) is 9.98. The fourth-order valence-electron chi connectivity index (χ4n) is 1.58. The van der Waals surface area contributed by atoms with Crippen LogP contribution in [0.5, 0.6) is 0 Å². The predicted molar refractivity (Wildman–Crippen MR) is 55.1 cm³/mol. The molecule has 1 saturated heterocycles. The highest BCUT2D eigenvalue weighted by Crippen LogP contribution is 2.22. The summed E-state index contributed by atoms with van der Waals surface area (Å²) in [7, 11) is 0. The van der Waals surface area contributed by atoms with E-state index in [2.05, 4.69) is 4.74 Å². The molecule has 1 aliphatic heterocycles. The van der Waals surface area contributed by atoms with Crippen LogP contribution >= 0.6 is 0 Å². The van der Waals surface area contributed by atoms with Crippen LogP contribution < -0.4 is 0 Å². The van der Waals surface area contributed by atoms with Crippen molar-refractivity contribution in [1.82, 2.24) is 0 Å². The van der Waals surface area contributed by atoms with E-state index < -0.39 is 42.6 Å². The Balaban J connectivity index is 2.70. The van der Waals surface area contributed by atoms with Gasteiger partial charge in [0.05, 0.1) is 0 Å². The van der Waals surface area contributed by atoms with Crippen LogP contribution in [0.4, 0.5) is 0 Å². The number of hydrogen-bond donors (Lipinski definition) is 3. The summed E-state index contributed by atoms with van der Waals surface area (Å²) in [4.78, 5) is 21.5. The lowest BCUT2D eigenvalue weighted by atomic mass is 9.99. The molecular formula is C10H16O8. The summed E-state index contributed by atoms with van der Waals surface area (Å²) in [6, 6.07) is 0. The Morgan fingerprint density at radius 3 is 2.22 bits per heavy atom. The van der Waals surface area contributed by atoms with Gasteiger partial charge in [0.15, 0.2) is 12.4 Å². The smallest absolute Gasteiger partial charge is 0.303 e. The van der Waals surface area contributed by atoms with Gasteiger partial charge in [0.25, 0.3) is 0 Å². The topological polar surface area (TPSA) is 123 Å².